The quantitative estimate of drug-likeness (QED) is 0.496. The third kappa shape index (κ3) is 5.42. The number of hydrogen-bond acceptors (Lipinski definition) is 4. The summed E-state index contributed by atoms with van der Waals surface area (Å²) in [6.07, 6.45) is 4.80. The maximum atomic E-state index is 11.8. The number of carbonyl (C=O) groups is 2. The third-order valence-corrected chi connectivity index (χ3v) is 4.51. The molecule has 29 heavy (non-hydrogen) atoms. The van der Waals surface area contributed by atoms with E-state index in [2.05, 4.69) is 26.0 Å². The molecule has 0 bridgehead atoms. The molecule has 0 aliphatic rings. The molecule has 0 saturated heterocycles. The molecule has 2 N–H and O–H groups in total. The molecule has 3 aromatic rings. The molecule has 2 aromatic carbocycles. The number of hydrogen-bond donors (Lipinski definition) is 1. The van der Waals surface area contributed by atoms with Gasteiger partial charge in [-0.1, -0.05) is 42.5 Å². The minimum absolute atomic E-state index is 0.444. The topological polar surface area (TPSA) is 87.2 Å². The highest BCUT2D eigenvalue weighted by Crippen LogP contribution is 2.26. The number of ether oxygens (including phenoxy) is 1. The fourth-order valence-electron chi connectivity index (χ4n) is 2.87. The van der Waals surface area contributed by atoms with Crippen LogP contribution in [0.1, 0.15) is 22.3 Å². The van der Waals surface area contributed by atoms with Crippen LogP contribution in [-0.2, 0) is 20.9 Å². The number of carbonyl (C=O) groups excluding carboxylic acids is 2. The van der Waals surface area contributed by atoms with Crippen molar-refractivity contribution in [2.45, 2.75) is 20.4 Å². The van der Waals surface area contributed by atoms with Gasteiger partial charge in [0.25, 0.3) is 5.91 Å². The Hall–Kier alpha value is -3.67. The van der Waals surface area contributed by atoms with Gasteiger partial charge in [0.1, 0.15) is 0 Å². The van der Waals surface area contributed by atoms with Gasteiger partial charge >= 0.3 is 5.97 Å². The second-order valence-electron chi connectivity index (χ2n) is 6.82. The molecule has 0 atom stereocenters. The summed E-state index contributed by atoms with van der Waals surface area (Å²) >= 11 is 0. The highest BCUT2D eigenvalue weighted by molar-refractivity contribution is 5.90. The van der Waals surface area contributed by atoms with Gasteiger partial charge in [0.05, 0.1) is 12.2 Å². The first-order valence-corrected chi connectivity index (χ1v) is 9.24. The second-order valence-corrected chi connectivity index (χ2v) is 6.82. The van der Waals surface area contributed by atoms with Gasteiger partial charge in [0.15, 0.2) is 6.61 Å². The summed E-state index contributed by atoms with van der Waals surface area (Å²) in [6, 6.07) is 16.2. The van der Waals surface area contributed by atoms with Gasteiger partial charge in [-0.05, 0) is 42.7 Å². The fraction of sp³-hybridized carbons (Fsp3) is 0.174. The highest BCUT2D eigenvalue weighted by Gasteiger charge is 2.11. The van der Waals surface area contributed by atoms with E-state index in [1.54, 1.807) is 6.08 Å². The van der Waals surface area contributed by atoms with Gasteiger partial charge in [-0.3, -0.25) is 9.48 Å². The van der Waals surface area contributed by atoms with Gasteiger partial charge in [0, 0.05) is 23.4 Å². The number of nitrogens with two attached hydrogens (primary N) is 1. The first kappa shape index (κ1) is 20.1. The SMILES string of the molecule is Cc1ccc(-c2nn(Cc3ccccc3)cc2/C=C/C(=O)OCC(N)=O)cc1C. The standard InChI is InChI=1S/C23H23N3O3/c1-16-8-9-19(12-17(16)2)23-20(10-11-22(28)29-15-21(24)27)14-26(25-23)13-18-6-4-3-5-7-18/h3-12,14H,13,15H2,1-2H3,(H2,24,27)/b11-10+. The van der Waals surface area contributed by atoms with E-state index in [1.165, 1.54) is 11.6 Å². The predicted molar refractivity (Wildman–Crippen MR) is 112 cm³/mol. The van der Waals surface area contributed by atoms with Gasteiger partial charge in [-0.25, -0.2) is 4.79 Å². The molecule has 0 radical (unpaired) electrons. The average Bonchev–Trinajstić information content (AvgIpc) is 3.10. The third-order valence-electron chi connectivity index (χ3n) is 4.51. The number of rotatable bonds is 7. The van der Waals surface area contributed by atoms with Crippen molar-refractivity contribution in [3.8, 4) is 11.3 Å². The van der Waals surface area contributed by atoms with E-state index in [0.29, 0.717) is 6.54 Å². The maximum absolute atomic E-state index is 11.8. The molecular weight excluding hydrogens is 366 g/mol. The lowest BCUT2D eigenvalue weighted by Gasteiger charge is -2.04. The van der Waals surface area contributed by atoms with Crippen LogP contribution in [0.4, 0.5) is 0 Å². The molecular formula is C23H23N3O3. The van der Waals surface area contributed by atoms with Crippen LogP contribution in [0.2, 0.25) is 0 Å². The van der Waals surface area contributed by atoms with Crippen molar-refractivity contribution in [2.24, 2.45) is 5.73 Å². The smallest absolute Gasteiger partial charge is 0.331 e. The Bertz CT molecular complexity index is 1050. The minimum Gasteiger partial charge on any atom is -0.452 e. The normalized spacial score (nSPS) is 11.0. The molecule has 0 unspecified atom stereocenters. The molecule has 1 amide bonds. The molecule has 1 heterocycles. The van der Waals surface area contributed by atoms with Crippen molar-refractivity contribution in [2.75, 3.05) is 6.61 Å². The molecule has 0 fully saturated rings. The summed E-state index contributed by atoms with van der Waals surface area (Å²) in [5, 5.41) is 4.74. The Labute approximate surface area is 169 Å². The summed E-state index contributed by atoms with van der Waals surface area (Å²) < 4.78 is 6.62. The zero-order valence-electron chi connectivity index (χ0n) is 16.5. The van der Waals surface area contributed by atoms with Crippen LogP contribution >= 0.6 is 0 Å². The molecule has 0 spiro atoms. The second kappa shape index (κ2) is 9.01. The van der Waals surface area contributed by atoms with E-state index in [4.69, 9.17) is 15.6 Å². The zero-order valence-corrected chi connectivity index (χ0v) is 16.5. The number of primary amides is 1. The van der Waals surface area contributed by atoms with Crippen molar-refractivity contribution in [3.63, 3.8) is 0 Å². The number of esters is 1. The Kier molecular flexibility index (Phi) is 6.24. The number of amides is 1. The lowest BCUT2D eigenvalue weighted by atomic mass is 10.0. The highest BCUT2D eigenvalue weighted by atomic mass is 16.5. The Balaban J connectivity index is 1.92. The van der Waals surface area contributed by atoms with E-state index in [1.807, 2.05) is 47.3 Å². The van der Waals surface area contributed by atoms with Crippen LogP contribution in [0.5, 0.6) is 0 Å². The molecule has 3 rings (SSSR count). The number of nitrogens with zero attached hydrogens (tertiary/aromatic N) is 2. The summed E-state index contributed by atoms with van der Waals surface area (Å²) in [4.78, 5) is 22.6. The lowest BCUT2D eigenvalue weighted by molar-refractivity contribution is -0.142. The fourth-order valence-corrected chi connectivity index (χ4v) is 2.87. The van der Waals surface area contributed by atoms with Gasteiger partial charge < -0.3 is 10.5 Å². The van der Waals surface area contributed by atoms with Crippen LogP contribution in [0.15, 0.2) is 60.8 Å². The van der Waals surface area contributed by atoms with Gasteiger partial charge in [0.2, 0.25) is 0 Å². The van der Waals surface area contributed by atoms with Crippen molar-refractivity contribution in [1.82, 2.24) is 9.78 Å². The van der Waals surface area contributed by atoms with Crippen molar-refractivity contribution in [3.05, 3.63) is 83.1 Å². The molecule has 6 heteroatoms. The summed E-state index contributed by atoms with van der Waals surface area (Å²) in [5.74, 6) is -1.33. The van der Waals surface area contributed by atoms with Crippen molar-refractivity contribution >= 4 is 18.0 Å². The lowest BCUT2D eigenvalue weighted by Crippen LogP contribution is -2.19. The van der Waals surface area contributed by atoms with Crippen LogP contribution in [0, 0.1) is 13.8 Å². The summed E-state index contributed by atoms with van der Waals surface area (Å²) in [6.45, 7) is 4.28. The maximum Gasteiger partial charge on any atom is 0.331 e. The zero-order chi connectivity index (χ0) is 20.8. The number of aryl methyl sites for hydroxylation is 2. The Morgan fingerprint density at radius 1 is 1.10 bits per heavy atom. The van der Waals surface area contributed by atoms with E-state index >= 15 is 0 Å². The van der Waals surface area contributed by atoms with Gasteiger partial charge in [-0.2, -0.15) is 5.10 Å². The number of aromatic nitrogens is 2. The Morgan fingerprint density at radius 3 is 2.55 bits per heavy atom. The Morgan fingerprint density at radius 2 is 1.86 bits per heavy atom. The van der Waals surface area contributed by atoms with E-state index in [-0.39, 0.29) is 0 Å². The van der Waals surface area contributed by atoms with Crippen LogP contribution < -0.4 is 5.73 Å². The summed E-state index contributed by atoms with van der Waals surface area (Å²) in [7, 11) is 0. The first-order valence-electron chi connectivity index (χ1n) is 9.24. The number of benzene rings is 2. The van der Waals surface area contributed by atoms with Crippen LogP contribution in [-0.4, -0.2) is 28.3 Å². The minimum atomic E-state index is -0.696. The van der Waals surface area contributed by atoms with Crippen molar-refractivity contribution < 1.29 is 14.3 Å². The van der Waals surface area contributed by atoms with E-state index < -0.39 is 18.5 Å². The molecule has 6 nitrogen and oxygen atoms in total. The van der Waals surface area contributed by atoms with E-state index in [0.717, 1.165) is 27.9 Å². The van der Waals surface area contributed by atoms with Crippen molar-refractivity contribution in [1.29, 1.82) is 0 Å². The summed E-state index contributed by atoms with van der Waals surface area (Å²) in [5.41, 5.74) is 11.0. The molecule has 0 aliphatic heterocycles. The molecule has 148 valence electrons. The monoisotopic (exact) mass is 389 g/mol. The molecule has 1 aromatic heterocycles. The molecule has 0 aliphatic carbocycles. The first-order chi connectivity index (χ1) is 13.9. The predicted octanol–water partition coefficient (Wildman–Crippen LogP) is 3.26. The van der Waals surface area contributed by atoms with Crippen LogP contribution in [0.3, 0.4) is 0 Å². The molecule has 0 saturated carbocycles. The average molecular weight is 389 g/mol. The van der Waals surface area contributed by atoms with Crippen LogP contribution in [0.25, 0.3) is 17.3 Å². The van der Waals surface area contributed by atoms with E-state index in [9.17, 15) is 9.59 Å². The largest absolute Gasteiger partial charge is 0.452 e. The van der Waals surface area contributed by atoms with Gasteiger partial charge in [-0.15, -0.1) is 0 Å².